The zero-order valence-electron chi connectivity index (χ0n) is 21.7. The van der Waals surface area contributed by atoms with Gasteiger partial charge in [0, 0.05) is 30.2 Å². The van der Waals surface area contributed by atoms with Gasteiger partial charge in [-0.1, -0.05) is 6.07 Å². The molecule has 0 unspecified atom stereocenters. The Labute approximate surface area is 216 Å². The Morgan fingerprint density at radius 3 is 2.70 bits per heavy atom. The van der Waals surface area contributed by atoms with Crippen molar-refractivity contribution in [3.05, 3.63) is 65.1 Å². The van der Waals surface area contributed by atoms with Gasteiger partial charge in [-0.05, 0) is 70.0 Å². The van der Waals surface area contributed by atoms with E-state index in [0.29, 0.717) is 49.2 Å². The number of furan rings is 1. The van der Waals surface area contributed by atoms with Gasteiger partial charge in [0.1, 0.15) is 23.2 Å². The lowest BCUT2D eigenvalue weighted by molar-refractivity contribution is 0.0275. The predicted molar refractivity (Wildman–Crippen MR) is 138 cm³/mol. The van der Waals surface area contributed by atoms with Crippen LogP contribution >= 0.6 is 0 Å². The molecule has 4 rings (SSSR count). The molecule has 37 heavy (non-hydrogen) atoms. The monoisotopic (exact) mass is 504 g/mol. The highest BCUT2D eigenvalue weighted by Gasteiger charge is 2.31. The first-order valence-corrected chi connectivity index (χ1v) is 12.5. The average Bonchev–Trinajstić information content (AvgIpc) is 3.49. The molecule has 1 aliphatic rings. The highest BCUT2D eigenvalue weighted by molar-refractivity contribution is 5.91. The zero-order chi connectivity index (χ0) is 26.6. The summed E-state index contributed by atoms with van der Waals surface area (Å²) in [5.41, 5.74) is 1.30. The molecule has 2 heterocycles. The highest BCUT2D eigenvalue weighted by Crippen LogP contribution is 2.27. The SMILES string of the molecule is CCOC(=O)c1cc(O[C@H]2CCN(C(=O)OC(C)(C)C)C2)ccc1CCc1occ2cc(C#N)ccc12. The molecule has 0 radical (unpaired) electrons. The third kappa shape index (κ3) is 6.42. The minimum Gasteiger partial charge on any atom is -0.488 e. The van der Waals surface area contributed by atoms with E-state index in [0.717, 1.165) is 22.1 Å². The molecule has 8 nitrogen and oxygen atoms in total. The van der Waals surface area contributed by atoms with Crippen LogP contribution in [-0.4, -0.2) is 48.4 Å². The van der Waals surface area contributed by atoms with Gasteiger partial charge in [-0.3, -0.25) is 0 Å². The molecule has 1 fully saturated rings. The zero-order valence-corrected chi connectivity index (χ0v) is 21.7. The largest absolute Gasteiger partial charge is 0.488 e. The number of fused-ring (bicyclic) bond motifs is 1. The average molecular weight is 505 g/mol. The number of nitriles is 1. The van der Waals surface area contributed by atoms with Gasteiger partial charge < -0.3 is 23.5 Å². The maximum Gasteiger partial charge on any atom is 0.410 e. The number of aryl methyl sites for hydroxylation is 2. The first-order valence-electron chi connectivity index (χ1n) is 12.5. The Balaban J connectivity index is 1.46. The van der Waals surface area contributed by atoms with E-state index in [4.69, 9.17) is 23.9 Å². The van der Waals surface area contributed by atoms with Gasteiger partial charge in [0.2, 0.25) is 0 Å². The predicted octanol–water partition coefficient (Wildman–Crippen LogP) is 5.65. The third-order valence-electron chi connectivity index (χ3n) is 6.11. The topological polar surface area (TPSA) is 102 Å². The minimum absolute atomic E-state index is 0.193. The van der Waals surface area contributed by atoms with Crippen LogP contribution in [0.5, 0.6) is 5.75 Å². The second kappa shape index (κ2) is 11.0. The van der Waals surface area contributed by atoms with Crippen molar-refractivity contribution in [2.75, 3.05) is 19.7 Å². The van der Waals surface area contributed by atoms with Crippen molar-refractivity contribution in [2.24, 2.45) is 0 Å². The van der Waals surface area contributed by atoms with Crippen molar-refractivity contribution in [3.63, 3.8) is 0 Å². The Morgan fingerprint density at radius 2 is 1.97 bits per heavy atom. The van der Waals surface area contributed by atoms with Crippen molar-refractivity contribution in [1.29, 1.82) is 5.26 Å². The molecule has 0 bridgehead atoms. The van der Waals surface area contributed by atoms with E-state index >= 15 is 0 Å². The van der Waals surface area contributed by atoms with Crippen molar-refractivity contribution in [1.82, 2.24) is 4.90 Å². The van der Waals surface area contributed by atoms with Gasteiger partial charge in [0.25, 0.3) is 0 Å². The Bertz CT molecular complexity index is 1330. The number of carbonyl (C=O) groups excluding carboxylic acids is 2. The molecule has 1 aliphatic heterocycles. The molecule has 0 aliphatic carbocycles. The molecule has 8 heteroatoms. The fourth-order valence-electron chi connectivity index (χ4n) is 4.38. The number of likely N-dealkylation sites (tertiary alicyclic amines) is 1. The van der Waals surface area contributed by atoms with E-state index in [1.54, 1.807) is 36.3 Å². The lowest BCUT2D eigenvalue weighted by atomic mass is 10.00. The number of rotatable bonds is 7. The smallest absolute Gasteiger partial charge is 0.410 e. The van der Waals surface area contributed by atoms with Crippen LogP contribution in [0.15, 0.2) is 47.1 Å². The number of amides is 1. The number of ether oxygens (including phenoxy) is 3. The molecule has 0 N–H and O–H groups in total. The number of hydrogen-bond donors (Lipinski definition) is 0. The quantitative estimate of drug-likeness (QED) is 0.383. The van der Waals surface area contributed by atoms with Gasteiger partial charge in [0.05, 0.1) is 36.6 Å². The van der Waals surface area contributed by atoms with Crippen molar-refractivity contribution < 1.29 is 28.2 Å². The van der Waals surface area contributed by atoms with Crippen LogP contribution in [0.3, 0.4) is 0 Å². The van der Waals surface area contributed by atoms with Gasteiger partial charge in [-0.15, -0.1) is 0 Å². The fourth-order valence-corrected chi connectivity index (χ4v) is 4.38. The van der Waals surface area contributed by atoms with Crippen LogP contribution in [-0.2, 0) is 22.3 Å². The highest BCUT2D eigenvalue weighted by atomic mass is 16.6. The van der Waals surface area contributed by atoms with Crippen LogP contribution in [0, 0.1) is 11.3 Å². The van der Waals surface area contributed by atoms with E-state index in [9.17, 15) is 9.59 Å². The molecule has 1 aromatic heterocycles. The molecule has 0 spiro atoms. The molecule has 1 amide bonds. The summed E-state index contributed by atoms with van der Waals surface area (Å²) >= 11 is 0. The lowest BCUT2D eigenvalue weighted by Crippen LogP contribution is -2.36. The van der Waals surface area contributed by atoms with Crippen LogP contribution in [0.4, 0.5) is 4.79 Å². The summed E-state index contributed by atoms with van der Waals surface area (Å²) < 4.78 is 22.7. The number of nitrogens with zero attached hydrogens (tertiary/aromatic N) is 2. The first-order chi connectivity index (χ1) is 17.7. The minimum atomic E-state index is -0.554. The fraction of sp³-hybridized carbons (Fsp3) is 0.414. The van der Waals surface area contributed by atoms with Gasteiger partial charge in [-0.2, -0.15) is 5.26 Å². The summed E-state index contributed by atoms with van der Waals surface area (Å²) in [4.78, 5) is 26.8. The van der Waals surface area contributed by atoms with E-state index in [-0.39, 0.29) is 18.8 Å². The normalized spacial score (nSPS) is 15.4. The Hall–Kier alpha value is -3.99. The maximum absolute atomic E-state index is 12.8. The molecule has 3 aromatic rings. The summed E-state index contributed by atoms with van der Waals surface area (Å²) in [6.45, 7) is 8.53. The van der Waals surface area contributed by atoms with Gasteiger partial charge in [-0.25, -0.2) is 9.59 Å². The van der Waals surface area contributed by atoms with Crippen LogP contribution in [0.2, 0.25) is 0 Å². The van der Waals surface area contributed by atoms with Crippen LogP contribution in [0.1, 0.15) is 61.4 Å². The standard InChI is InChI=1S/C29H32N2O6/c1-5-34-27(32)25-15-22(36-23-12-13-31(17-23)28(33)37-29(2,3)4)9-7-20(25)8-11-26-24-10-6-19(16-30)14-21(24)18-35-26/h6-7,9-10,14-15,18,23H,5,8,11-13,17H2,1-4H3/t23-/m0/s1. The Morgan fingerprint density at radius 1 is 1.16 bits per heavy atom. The number of carbonyl (C=O) groups is 2. The van der Waals surface area contributed by atoms with Crippen LogP contribution < -0.4 is 4.74 Å². The van der Waals surface area contributed by atoms with E-state index in [1.165, 1.54) is 0 Å². The van der Waals surface area contributed by atoms with Gasteiger partial charge in [0.15, 0.2) is 0 Å². The van der Waals surface area contributed by atoms with Crippen LogP contribution in [0.25, 0.3) is 10.8 Å². The first kappa shape index (κ1) is 26.1. The number of benzene rings is 2. The van der Waals surface area contributed by atoms with Crippen molar-refractivity contribution in [2.45, 2.75) is 58.7 Å². The Kier molecular flexibility index (Phi) is 7.72. The van der Waals surface area contributed by atoms with E-state index in [2.05, 4.69) is 6.07 Å². The molecular formula is C29H32N2O6. The number of hydrogen-bond acceptors (Lipinski definition) is 7. The molecule has 0 saturated carbocycles. The molecule has 194 valence electrons. The molecule has 1 atom stereocenters. The second-order valence-corrected chi connectivity index (χ2v) is 10.1. The third-order valence-corrected chi connectivity index (χ3v) is 6.11. The molecule has 2 aromatic carbocycles. The van der Waals surface area contributed by atoms with Crippen molar-refractivity contribution in [3.8, 4) is 11.8 Å². The van der Waals surface area contributed by atoms with E-state index < -0.39 is 11.6 Å². The second-order valence-electron chi connectivity index (χ2n) is 10.1. The summed E-state index contributed by atoms with van der Waals surface area (Å²) in [5, 5.41) is 10.9. The molecule has 1 saturated heterocycles. The summed E-state index contributed by atoms with van der Waals surface area (Å²) in [7, 11) is 0. The summed E-state index contributed by atoms with van der Waals surface area (Å²) in [6.07, 6.45) is 2.92. The van der Waals surface area contributed by atoms with Gasteiger partial charge >= 0.3 is 12.1 Å². The lowest BCUT2D eigenvalue weighted by Gasteiger charge is -2.24. The van der Waals surface area contributed by atoms with Crippen molar-refractivity contribution >= 4 is 22.8 Å². The van der Waals surface area contributed by atoms with E-state index in [1.807, 2.05) is 39.0 Å². The number of esters is 1. The maximum atomic E-state index is 12.8. The summed E-state index contributed by atoms with van der Waals surface area (Å²) in [5.74, 6) is 0.936. The molecular weight excluding hydrogens is 472 g/mol. The summed E-state index contributed by atoms with van der Waals surface area (Å²) in [6, 6.07) is 13.0.